The molecular formula is C43H61NO4. The summed E-state index contributed by atoms with van der Waals surface area (Å²) in [5.74, 6) is 0. The maximum atomic E-state index is 4.98. The lowest BCUT2D eigenvalue weighted by molar-refractivity contribution is 0.158. The third-order valence-corrected chi connectivity index (χ3v) is 6.54. The monoisotopic (exact) mass is 655 g/mol. The molecule has 0 spiro atoms. The Balaban J connectivity index is 0.000000274. The maximum Gasteiger partial charge on any atom is 0.106 e. The van der Waals surface area contributed by atoms with Crippen LogP contribution in [0.4, 0.5) is 0 Å². The summed E-state index contributed by atoms with van der Waals surface area (Å²) in [4.78, 5) is 3.97. The lowest BCUT2D eigenvalue weighted by Gasteiger charge is -2.01. The van der Waals surface area contributed by atoms with E-state index < -0.39 is 0 Å². The Labute approximate surface area is 292 Å². The number of aliphatic imine (C=N–C) groups is 1. The number of nitrogens with zero attached hydrogens (tertiary/aromatic N) is 1. The van der Waals surface area contributed by atoms with Gasteiger partial charge in [0.1, 0.15) is 6.61 Å². The molecule has 5 heteroatoms. The van der Waals surface area contributed by atoms with Gasteiger partial charge in [-0.3, -0.25) is 4.99 Å². The summed E-state index contributed by atoms with van der Waals surface area (Å²) in [6, 6.07) is 0. The van der Waals surface area contributed by atoms with Crippen LogP contribution in [0.1, 0.15) is 83.5 Å². The highest BCUT2D eigenvalue weighted by Gasteiger charge is 1.88. The van der Waals surface area contributed by atoms with Crippen molar-refractivity contribution in [1.82, 2.24) is 0 Å². The molecule has 5 aliphatic heterocycles. The molecule has 0 fully saturated rings. The van der Waals surface area contributed by atoms with E-state index in [-0.39, 0.29) is 0 Å². The maximum absolute atomic E-state index is 4.98. The van der Waals surface area contributed by atoms with Crippen molar-refractivity contribution in [3.63, 3.8) is 0 Å². The van der Waals surface area contributed by atoms with Crippen LogP contribution in [0.2, 0.25) is 0 Å². The molecule has 8 aliphatic rings. The van der Waals surface area contributed by atoms with Gasteiger partial charge in [0.25, 0.3) is 0 Å². The Bertz CT molecular complexity index is 865. The molecule has 0 radical (unpaired) electrons. The van der Waals surface area contributed by atoms with Crippen LogP contribution in [0.15, 0.2) is 152 Å². The molecule has 0 aromatic rings. The van der Waals surface area contributed by atoms with Gasteiger partial charge in [0, 0.05) is 12.8 Å². The molecule has 0 aromatic heterocycles. The molecule has 5 heterocycles. The van der Waals surface area contributed by atoms with Crippen LogP contribution in [0.5, 0.6) is 0 Å². The highest BCUT2D eigenvalue weighted by molar-refractivity contribution is 5.71. The van der Waals surface area contributed by atoms with Gasteiger partial charge in [-0.15, -0.1) is 0 Å². The van der Waals surface area contributed by atoms with Gasteiger partial charge in [-0.05, 0) is 120 Å². The zero-order valence-corrected chi connectivity index (χ0v) is 29.2. The first-order chi connectivity index (χ1) is 24.0. The first kappa shape index (κ1) is 41.9. The van der Waals surface area contributed by atoms with Crippen molar-refractivity contribution >= 4 is 6.21 Å². The fourth-order valence-corrected chi connectivity index (χ4v) is 3.96. The predicted molar refractivity (Wildman–Crippen MR) is 207 cm³/mol. The molecule has 0 amide bonds. The number of dihydropyridines is 1. The largest absolute Gasteiger partial charge is 0.502 e. The van der Waals surface area contributed by atoms with E-state index in [9.17, 15) is 0 Å². The van der Waals surface area contributed by atoms with Gasteiger partial charge >= 0.3 is 0 Å². The van der Waals surface area contributed by atoms with E-state index in [2.05, 4.69) is 77.9 Å². The fraction of sp³-hybridized carbons (Fsp3) is 0.419. The van der Waals surface area contributed by atoms with Crippen molar-refractivity contribution in [3.8, 4) is 0 Å². The van der Waals surface area contributed by atoms with Crippen LogP contribution in [-0.4, -0.2) is 39.2 Å². The molecule has 48 heavy (non-hydrogen) atoms. The summed E-state index contributed by atoms with van der Waals surface area (Å²) < 4.78 is 19.4. The van der Waals surface area contributed by atoms with Gasteiger partial charge in [-0.25, -0.2) is 0 Å². The Hall–Kier alpha value is -4.09. The average Bonchev–Trinajstić information content (AvgIpc) is 3.25. The van der Waals surface area contributed by atoms with Crippen LogP contribution in [0.3, 0.4) is 0 Å². The van der Waals surface area contributed by atoms with E-state index in [0.29, 0.717) is 0 Å². The highest BCUT2D eigenvalue weighted by Crippen LogP contribution is 2.07. The predicted octanol–water partition coefficient (Wildman–Crippen LogP) is 11.7. The summed E-state index contributed by atoms with van der Waals surface area (Å²) >= 11 is 0. The lowest BCUT2D eigenvalue weighted by Crippen LogP contribution is -1.96. The molecule has 5 nitrogen and oxygen atoms in total. The number of hydrogen-bond acceptors (Lipinski definition) is 5. The third kappa shape index (κ3) is 36.4. The summed E-state index contributed by atoms with van der Waals surface area (Å²) in [7, 11) is 0. The average molecular weight is 656 g/mol. The topological polar surface area (TPSA) is 49.3 Å². The molecule has 0 N–H and O–H groups in total. The quantitative estimate of drug-likeness (QED) is 0.244. The Morgan fingerprint density at radius 2 is 1.02 bits per heavy atom. The Kier molecular flexibility index (Phi) is 34.1. The summed E-state index contributed by atoms with van der Waals surface area (Å²) in [6.07, 6.45) is 66.3. The van der Waals surface area contributed by atoms with Gasteiger partial charge in [-0.1, -0.05) is 85.1 Å². The van der Waals surface area contributed by atoms with Crippen molar-refractivity contribution in [2.45, 2.75) is 83.5 Å². The standard InChI is InChI=1S/C6H10.2C6H8.C5H7N.2C5H8O.2C5H6O/c8*1-2-4-6-5-3-1/h1-2H,3-6H2;1-2,5-6H,3-4H2;1-4H,5-6H2;1-2,4H,3,5H2;2,4H,1,3,5H2;1-2H,3-5H2;2-5H,1H2;1-4H,5H2. The number of ether oxygens (including phenoxy) is 4. The van der Waals surface area contributed by atoms with Crippen LogP contribution in [0, 0.1) is 0 Å². The van der Waals surface area contributed by atoms with Crippen LogP contribution in [0.25, 0.3) is 0 Å². The second-order valence-corrected chi connectivity index (χ2v) is 10.8. The first-order valence-electron chi connectivity index (χ1n) is 17.8. The molecule has 0 saturated heterocycles. The van der Waals surface area contributed by atoms with Gasteiger partial charge in [0.2, 0.25) is 0 Å². The smallest absolute Gasteiger partial charge is 0.106 e. The molecule has 0 bridgehead atoms. The summed E-state index contributed by atoms with van der Waals surface area (Å²) in [5.41, 5.74) is 0. The van der Waals surface area contributed by atoms with Gasteiger partial charge in [-0.2, -0.15) is 0 Å². The number of rotatable bonds is 0. The van der Waals surface area contributed by atoms with Crippen molar-refractivity contribution in [3.05, 3.63) is 147 Å². The second kappa shape index (κ2) is 39.1. The normalized spacial score (nSPS) is 19.2. The van der Waals surface area contributed by atoms with E-state index in [1.165, 1.54) is 51.4 Å². The Morgan fingerprint density at radius 3 is 1.19 bits per heavy atom. The summed E-state index contributed by atoms with van der Waals surface area (Å²) in [5, 5.41) is 0. The van der Waals surface area contributed by atoms with Gasteiger partial charge in [0.15, 0.2) is 0 Å². The number of hydrogen-bond donors (Lipinski definition) is 0. The van der Waals surface area contributed by atoms with Crippen LogP contribution >= 0.6 is 0 Å². The first-order valence-corrected chi connectivity index (χ1v) is 17.8. The van der Waals surface area contributed by atoms with E-state index in [0.717, 1.165) is 65.1 Å². The zero-order chi connectivity index (χ0) is 33.9. The minimum absolute atomic E-state index is 0.733. The van der Waals surface area contributed by atoms with E-state index in [1.54, 1.807) is 25.0 Å². The molecule has 0 unspecified atom stereocenters. The summed E-state index contributed by atoms with van der Waals surface area (Å²) in [6.45, 7) is 4.36. The van der Waals surface area contributed by atoms with Crippen molar-refractivity contribution in [2.24, 2.45) is 4.99 Å². The molecule has 0 aromatic carbocycles. The molecule has 0 saturated carbocycles. The van der Waals surface area contributed by atoms with Crippen LogP contribution in [-0.2, 0) is 18.9 Å². The van der Waals surface area contributed by atoms with E-state index in [4.69, 9.17) is 18.9 Å². The van der Waals surface area contributed by atoms with Gasteiger partial charge < -0.3 is 18.9 Å². The van der Waals surface area contributed by atoms with Crippen molar-refractivity contribution < 1.29 is 18.9 Å². The second-order valence-electron chi connectivity index (χ2n) is 10.8. The lowest BCUT2D eigenvalue weighted by atomic mass is 10.1. The Morgan fingerprint density at radius 1 is 0.375 bits per heavy atom. The zero-order valence-electron chi connectivity index (χ0n) is 29.2. The van der Waals surface area contributed by atoms with Gasteiger partial charge in [0.05, 0.1) is 44.9 Å². The van der Waals surface area contributed by atoms with E-state index >= 15 is 0 Å². The fourth-order valence-electron chi connectivity index (χ4n) is 3.96. The minimum Gasteiger partial charge on any atom is -0.502 e. The van der Waals surface area contributed by atoms with Crippen LogP contribution < -0.4 is 0 Å². The molecule has 8 rings (SSSR count). The number of allylic oxidation sites excluding steroid dienone is 16. The van der Waals surface area contributed by atoms with Crippen molar-refractivity contribution in [2.75, 3.05) is 33.0 Å². The molecular weight excluding hydrogens is 594 g/mol. The SMILES string of the molecule is C1=CCC=CC1.C1=CCCC=C1.C1=CCCCC1.C1=CCCN=C1.C1=CCOC=C1.C1=CCOCC1.C1=COC=CC1.C1=COCCC1. The molecule has 262 valence electrons. The van der Waals surface area contributed by atoms with Crippen molar-refractivity contribution in [1.29, 1.82) is 0 Å². The minimum atomic E-state index is 0.733. The molecule has 0 atom stereocenters. The molecule has 3 aliphatic carbocycles. The van der Waals surface area contributed by atoms with E-state index in [1.807, 2.05) is 54.8 Å². The highest BCUT2D eigenvalue weighted by atomic mass is 16.5. The third-order valence-electron chi connectivity index (χ3n) is 6.54.